The van der Waals surface area contributed by atoms with Gasteiger partial charge < -0.3 is 0 Å². The molecule has 0 fully saturated rings. The van der Waals surface area contributed by atoms with Crippen molar-refractivity contribution in [3.05, 3.63) is 0 Å². The summed E-state index contributed by atoms with van der Waals surface area (Å²) in [4.78, 5) is 27.0. The molecule has 0 aliphatic heterocycles. The van der Waals surface area contributed by atoms with Crippen LogP contribution in [0, 0.1) is 0 Å². The maximum absolute atomic E-state index is 11.0. The first-order chi connectivity index (χ1) is 6.00. The highest BCUT2D eigenvalue weighted by atomic mass is 32.1. The number of thiol groups is 1. The van der Waals surface area contributed by atoms with E-state index in [9.17, 15) is 9.59 Å². The first-order valence-corrected chi connectivity index (χ1v) is 4.68. The summed E-state index contributed by atoms with van der Waals surface area (Å²) in [5.41, 5.74) is 0. The van der Waals surface area contributed by atoms with Gasteiger partial charge in [0.1, 0.15) is 6.04 Å². The fourth-order valence-corrected chi connectivity index (χ4v) is 0.861. The molecule has 0 aromatic rings. The van der Waals surface area contributed by atoms with Crippen molar-refractivity contribution in [3.8, 4) is 0 Å². The molecule has 0 rings (SSSR count). The third-order valence-electron chi connectivity index (χ3n) is 1.57. The number of nitrogens with zero attached hydrogens (tertiary/aromatic N) is 1. The highest BCUT2D eigenvalue weighted by Crippen LogP contribution is 2.02. The number of ketones is 1. The van der Waals surface area contributed by atoms with Crippen LogP contribution in [0.5, 0.6) is 0 Å². The van der Waals surface area contributed by atoms with E-state index in [0.717, 1.165) is 5.06 Å². The van der Waals surface area contributed by atoms with Gasteiger partial charge in [0, 0.05) is 12.7 Å². The molecule has 0 aliphatic carbocycles. The Labute approximate surface area is 83.6 Å². The second kappa shape index (κ2) is 5.99. The van der Waals surface area contributed by atoms with E-state index in [1.807, 2.05) is 0 Å². The van der Waals surface area contributed by atoms with E-state index in [4.69, 9.17) is 4.84 Å². The Kier molecular flexibility index (Phi) is 5.73. The average Bonchev–Trinajstić information content (AvgIpc) is 2.04. The molecule has 13 heavy (non-hydrogen) atoms. The number of hydrogen-bond acceptors (Lipinski definition) is 4. The number of rotatable bonds is 5. The lowest BCUT2D eigenvalue weighted by Gasteiger charge is -2.24. The normalized spacial score (nSPS) is 12.3. The third-order valence-corrected chi connectivity index (χ3v) is 1.75. The fraction of sp³-hybridized carbons (Fsp3) is 0.750. The average molecular weight is 205 g/mol. The number of amides is 1. The Bertz CT molecular complexity index is 196. The van der Waals surface area contributed by atoms with Crippen LogP contribution in [0.25, 0.3) is 0 Å². The maximum Gasteiger partial charge on any atom is 0.243 e. The molecular weight excluding hydrogens is 190 g/mol. The minimum Gasteiger partial charge on any atom is -0.298 e. The molecule has 5 heteroatoms. The highest BCUT2D eigenvalue weighted by Gasteiger charge is 2.21. The minimum absolute atomic E-state index is 0.102. The summed E-state index contributed by atoms with van der Waals surface area (Å²) in [6.45, 7) is 4.73. The SMILES string of the molecule is CC(=O)[C@@H](C)N(OCCS)C(C)=O. The summed E-state index contributed by atoms with van der Waals surface area (Å²) in [6, 6.07) is -0.530. The van der Waals surface area contributed by atoms with Crippen molar-refractivity contribution in [1.29, 1.82) is 0 Å². The molecule has 1 atom stereocenters. The van der Waals surface area contributed by atoms with Crippen LogP contribution in [-0.2, 0) is 14.4 Å². The monoisotopic (exact) mass is 205 g/mol. The van der Waals surface area contributed by atoms with Crippen LogP contribution in [0.2, 0.25) is 0 Å². The van der Waals surface area contributed by atoms with Crippen molar-refractivity contribution >= 4 is 24.3 Å². The van der Waals surface area contributed by atoms with Gasteiger partial charge in [-0.1, -0.05) is 0 Å². The van der Waals surface area contributed by atoms with E-state index >= 15 is 0 Å². The van der Waals surface area contributed by atoms with Crippen LogP contribution in [0.1, 0.15) is 20.8 Å². The quantitative estimate of drug-likeness (QED) is 0.530. The minimum atomic E-state index is -0.530. The predicted molar refractivity (Wildman–Crippen MR) is 52.5 cm³/mol. The number of carbonyl (C=O) groups is 2. The van der Waals surface area contributed by atoms with Crippen molar-refractivity contribution in [1.82, 2.24) is 5.06 Å². The van der Waals surface area contributed by atoms with E-state index in [2.05, 4.69) is 12.6 Å². The number of hydrogen-bond donors (Lipinski definition) is 1. The standard InChI is InChI=1S/C8H15NO3S/c1-6(7(2)10)9(8(3)11)12-4-5-13/h6,13H,4-5H2,1-3H3/t6-/m1/s1. The smallest absolute Gasteiger partial charge is 0.243 e. The molecule has 0 aromatic heterocycles. The summed E-state index contributed by atoms with van der Waals surface area (Å²) in [7, 11) is 0. The van der Waals surface area contributed by atoms with Gasteiger partial charge in [0.25, 0.3) is 0 Å². The second-order valence-electron chi connectivity index (χ2n) is 2.69. The molecule has 0 aliphatic rings. The molecule has 0 N–H and O–H groups in total. The highest BCUT2D eigenvalue weighted by molar-refractivity contribution is 7.80. The van der Waals surface area contributed by atoms with Crippen LogP contribution in [0.3, 0.4) is 0 Å². The number of Topliss-reactive ketones (excluding diaryl/α,β-unsaturated/α-hetero) is 1. The molecule has 0 aromatic carbocycles. The van der Waals surface area contributed by atoms with Gasteiger partial charge in [-0.25, -0.2) is 5.06 Å². The van der Waals surface area contributed by atoms with Gasteiger partial charge in [-0.05, 0) is 13.8 Å². The van der Waals surface area contributed by atoms with Crippen molar-refractivity contribution in [2.45, 2.75) is 26.8 Å². The van der Waals surface area contributed by atoms with E-state index < -0.39 is 6.04 Å². The van der Waals surface area contributed by atoms with Crippen molar-refractivity contribution in [3.63, 3.8) is 0 Å². The molecule has 0 radical (unpaired) electrons. The summed E-state index contributed by atoms with van der Waals surface area (Å²) >= 11 is 3.94. The maximum atomic E-state index is 11.0. The molecule has 0 heterocycles. The molecule has 0 saturated heterocycles. The Balaban J connectivity index is 4.24. The largest absolute Gasteiger partial charge is 0.298 e. The van der Waals surface area contributed by atoms with E-state index in [0.29, 0.717) is 12.4 Å². The van der Waals surface area contributed by atoms with Crippen LogP contribution in [-0.4, -0.2) is 35.2 Å². The van der Waals surface area contributed by atoms with Crippen LogP contribution < -0.4 is 0 Å². The first-order valence-electron chi connectivity index (χ1n) is 4.04. The van der Waals surface area contributed by atoms with Gasteiger partial charge in [0.2, 0.25) is 5.91 Å². The summed E-state index contributed by atoms with van der Waals surface area (Å²) in [6.07, 6.45) is 0. The molecule has 0 unspecified atom stereocenters. The van der Waals surface area contributed by atoms with Crippen LogP contribution in [0.4, 0.5) is 0 Å². The zero-order valence-electron chi connectivity index (χ0n) is 8.11. The molecule has 0 spiro atoms. The van der Waals surface area contributed by atoms with Gasteiger partial charge in [-0.2, -0.15) is 12.6 Å². The summed E-state index contributed by atoms with van der Waals surface area (Å²) < 4.78 is 0. The lowest BCUT2D eigenvalue weighted by atomic mass is 10.2. The Hall–Kier alpha value is -0.550. The van der Waals surface area contributed by atoms with E-state index in [-0.39, 0.29) is 11.7 Å². The molecule has 76 valence electrons. The van der Waals surface area contributed by atoms with Gasteiger partial charge in [0.05, 0.1) is 6.61 Å². The van der Waals surface area contributed by atoms with Gasteiger partial charge in [-0.15, -0.1) is 0 Å². The Morgan fingerprint density at radius 1 is 1.46 bits per heavy atom. The zero-order chi connectivity index (χ0) is 10.4. The van der Waals surface area contributed by atoms with Gasteiger partial charge >= 0.3 is 0 Å². The molecule has 0 bridgehead atoms. The fourth-order valence-electron chi connectivity index (χ4n) is 0.780. The molecule has 1 amide bonds. The van der Waals surface area contributed by atoms with Gasteiger partial charge in [0.15, 0.2) is 5.78 Å². The number of carbonyl (C=O) groups excluding carboxylic acids is 2. The molecular formula is C8H15NO3S. The Morgan fingerprint density at radius 3 is 2.31 bits per heavy atom. The van der Waals surface area contributed by atoms with Crippen molar-refractivity contribution in [2.75, 3.05) is 12.4 Å². The zero-order valence-corrected chi connectivity index (χ0v) is 9.01. The number of hydroxylamine groups is 2. The first kappa shape index (κ1) is 12.4. The second-order valence-corrected chi connectivity index (χ2v) is 3.14. The van der Waals surface area contributed by atoms with Crippen LogP contribution >= 0.6 is 12.6 Å². The lowest BCUT2D eigenvalue weighted by Crippen LogP contribution is -2.41. The molecule has 4 nitrogen and oxygen atoms in total. The predicted octanol–water partition coefficient (Wildman–Crippen LogP) is 0.674. The topological polar surface area (TPSA) is 46.6 Å². The summed E-state index contributed by atoms with van der Waals surface area (Å²) in [5, 5.41) is 1.08. The van der Waals surface area contributed by atoms with Crippen LogP contribution in [0.15, 0.2) is 0 Å². The van der Waals surface area contributed by atoms with Crippen molar-refractivity contribution in [2.24, 2.45) is 0 Å². The third kappa shape index (κ3) is 4.28. The van der Waals surface area contributed by atoms with E-state index in [1.165, 1.54) is 13.8 Å². The van der Waals surface area contributed by atoms with Gasteiger partial charge in [-0.3, -0.25) is 14.4 Å². The summed E-state index contributed by atoms with van der Waals surface area (Å²) in [5.74, 6) is 0.132. The van der Waals surface area contributed by atoms with Crippen molar-refractivity contribution < 1.29 is 14.4 Å². The Morgan fingerprint density at radius 2 is 2.00 bits per heavy atom. The lowest BCUT2D eigenvalue weighted by molar-refractivity contribution is -0.194. The van der Waals surface area contributed by atoms with E-state index in [1.54, 1.807) is 6.92 Å². The molecule has 0 saturated carbocycles.